The standard InChI is InChI=1S/C10H11N5O/c11-7-2-1-3-14-9(7)10(16)15-6-8-12-4-5-13-8/h1-5H,6,11H2,(H,12,13)(H,15,16). The van der Waals surface area contributed by atoms with E-state index in [9.17, 15) is 4.79 Å². The van der Waals surface area contributed by atoms with Gasteiger partial charge in [-0.1, -0.05) is 0 Å². The number of hydrogen-bond acceptors (Lipinski definition) is 4. The Hall–Kier alpha value is -2.37. The fourth-order valence-electron chi connectivity index (χ4n) is 1.25. The third-order valence-corrected chi connectivity index (χ3v) is 2.03. The minimum atomic E-state index is -0.311. The number of hydrogen-bond donors (Lipinski definition) is 3. The molecule has 2 heterocycles. The first-order valence-corrected chi connectivity index (χ1v) is 4.74. The van der Waals surface area contributed by atoms with Crippen molar-refractivity contribution < 1.29 is 4.79 Å². The number of anilines is 1. The Bertz CT molecular complexity index is 480. The molecule has 0 unspecified atom stereocenters. The SMILES string of the molecule is Nc1cccnc1C(=O)NCc1ncc[nH]1. The van der Waals surface area contributed by atoms with Crippen LogP contribution in [0.2, 0.25) is 0 Å². The molecule has 4 N–H and O–H groups in total. The third-order valence-electron chi connectivity index (χ3n) is 2.03. The number of imidazole rings is 1. The van der Waals surface area contributed by atoms with E-state index in [4.69, 9.17) is 5.73 Å². The van der Waals surface area contributed by atoms with Crippen LogP contribution < -0.4 is 11.1 Å². The number of nitrogens with two attached hydrogens (primary N) is 1. The Labute approximate surface area is 91.9 Å². The van der Waals surface area contributed by atoms with Gasteiger partial charge in [-0.25, -0.2) is 9.97 Å². The largest absolute Gasteiger partial charge is 0.397 e. The van der Waals surface area contributed by atoms with Gasteiger partial charge in [0.15, 0.2) is 5.69 Å². The molecule has 0 atom stereocenters. The Kier molecular flexibility index (Phi) is 2.81. The van der Waals surface area contributed by atoms with Crippen LogP contribution in [0.25, 0.3) is 0 Å². The summed E-state index contributed by atoms with van der Waals surface area (Å²) in [4.78, 5) is 22.4. The topological polar surface area (TPSA) is 96.7 Å². The molecule has 0 bridgehead atoms. The summed E-state index contributed by atoms with van der Waals surface area (Å²) in [6.45, 7) is 0.321. The molecule has 0 saturated heterocycles. The fourth-order valence-corrected chi connectivity index (χ4v) is 1.25. The molecule has 2 aromatic heterocycles. The quantitative estimate of drug-likeness (QED) is 0.689. The minimum absolute atomic E-state index is 0.231. The van der Waals surface area contributed by atoms with Gasteiger partial charge in [-0.3, -0.25) is 4.79 Å². The monoisotopic (exact) mass is 217 g/mol. The molecule has 1 amide bonds. The molecule has 0 aliphatic carbocycles. The number of amides is 1. The predicted octanol–water partition coefficient (Wildman–Crippen LogP) is 0.317. The van der Waals surface area contributed by atoms with E-state index in [1.54, 1.807) is 24.5 Å². The second-order valence-electron chi connectivity index (χ2n) is 3.16. The van der Waals surface area contributed by atoms with E-state index in [1.165, 1.54) is 6.20 Å². The van der Waals surface area contributed by atoms with Gasteiger partial charge in [0.1, 0.15) is 5.82 Å². The summed E-state index contributed by atoms with van der Waals surface area (Å²) in [6, 6.07) is 3.31. The lowest BCUT2D eigenvalue weighted by Crippen LogP contribution is -2.25. The summed E-state index contributed by atoms with van der Waals surface area (Å²) in [5, 5.41) is 2.67. The maximum Gasteiger partial charge on any atom is 0.272 e. The average molecular weight is 217 g/mol. The highest BCUT2D eigenvalue weighted by atomic mass is 16.1. The van der Waals surface area contributed by atoms with Crippen molar-refractivity contribution >= 4 is 11.6 Å². The zero-order chi connectivity index (χ0) is 11.4. The van der Waals surface area contributed by atoms with Crippen molar-refractivity contribution in [3.8, 4) is 0 Å². The van der Waals surface area contributed by atoms with Crippen LogP contribution in [-0.2, 0) is 6.54 Å². The maximum absolute atomic E-state index is 11.7. The van der Waals surface area contributed by atoms with Crippen molar-refractivity contribution in [2.24, 2.45) is 0 Å². The van der Waals surface area contributed by atoms with Crippen molar-refractivity contribution in [2.45, 2.75) is 6.54 Å². The van der Waals surface area contributed by atoms with E-state index in [0.29, 0.717) is 18.1 Å². The fraction of sp³-hybridized carbons (Fsp3) is 0.100. The van der Waals surface area contributed by atoms with Gasteiger partial charge in [-0.2, -0.15) is 0 Å². The van der Waals surface area contributed by atoms with E-state index >= 15 is 0 Å². The summed E-state index contributed by atoms with van der Waals surface area (Å²) in [5.74, 6) is 0.373. The van der Waals surface area contributed by atoms with Crippen molar-refractivity contribution in [3.05, 3.63) is 42.2 Å². The first kappa shape index (κ1) is 10.2. The zero-order valence-corrected chi connectivity index (χ0v) is 8.47. The van der Waals surface area contributed by atoms with Crippen LogP contribution in [0, 0.1) is 0 Å². The van der Waals surface area contributed by atoms with Gasteiger partial charge in [0, 0.05) is 18.6 Å². The number of nitrogens with one attached hydrogen (secondary N) is 2. The number of rotatable bonds is 3. The highest BCUT2D eigenvalue weighted by Gasteiger charge is 2.10. The summed E-state index contributed by atoms with van der Waals surface area (Å²) < 4.78 is 0. The summed E-state index contributed by atoms with van der Waals surface area (Å²) in [7, 11) is 0. The summed E-state index contributed by atoms with van der Waals surface area (Å²) in [5.41, 5.74) is 6.21. The van der Waals surface area contributed by atoms with E-state index in [1.807, 2.05) is 0 Å². The van der Waals surface area contributed by atoms with Gasteiger partial charge < -0.3 is 16.0 Å². The number of pyridine rings is 1. The number of carbonyl (C=O) groups is 1. The van der Waals surface area contributed by atoms with Crippen molar-refractivity contribution in [1.29, 1.82) is 0 Å². The molecule has 0 aliphatic rings. The maximum atomic E-state index is 11.7. The molecule has 0 aromatic carbocycles. The molecule has 0 radical (unpaired) electrons. The number of H-pyrrole nitrogens is 1. The normalized spacial score (nSPS) is 10.0. The first-order valence-electron chi connectivity index (χ1n) is 4.74. The highest BCUT2D eigenvalue weighted by Crippen LogP contribution is 2.06. The zero-order valence-electron chi connectivity index (χ0n) is 8.47. The molecule has 6 heteroatoms. The van der Waals surface area contributed by atoms with E-state index in [-0.39, 0.29) is 11.6 Å². The smallest absolute Gasteiger partial charge is 0.272 e. The predicted molar refractivity (Wildman–Crippen MR) is 58.4 cm³/mol. The second kappa shape index (κ2) is 4.43. The molecule has 0 spiro atoms. The lowest BCUT2D eigenvalue weighted by Gasteiger charge is -2.04. The molecule has 0 aliphatic heterocycles. The Balaban J connectivity index is 2.01. The van der Waals surface area contributed by atoms with Gasteiger partial charge in [-0.05, 0) is 12.1 Å². The lowest BCUT2D eigenvalue weighted by atomic mass is 10.3. The van der Waals surface area contributed by atoms with Gasteiger partial charge >= 0.3 is 0 Å². The molecule has 6 nitrogen and oxygen atoms in total. The van der Waals surface area contributed by atoms with Crippen molar-refractivity contribution in [2.75, 3.05) is 5.73 Å². The Morgan fingerprint density at radius 3 is 3.00 bits per heavy atom. The Morgan fingerprint density at radius 2 is 2.31 bits per heavy atom. The summed E-state index contributed by atoms with van der Waals surface area (Å²) in [6.07, 6.45) is 4.84. The van der Waals surface area contributed by atoms with Crippen molar-refractivity contribution in [3.63, 3.8) is 0 Å². The average Bonchev–Trinajstić information content (AvgIpc) is 2.79. The number of carbonyl (C=O) groups excluding carboxylic acids is 1. The third kappa shape index (κ3) is 2.17. The van der Waals surface area contributed by atoms with Crippen LogP contribution in [-0.4, -0.2) is 20.9 Å². The van der Waals surface area contributed by atoms with Gasteiger partial charge in [0.05, 0.1) is 12.2 Å². The molecule has 2 rings (SSSR count). The van der Waals surface area contributed by atoms with Crippen LogP contribution in [0.1, 0.15) is 16.3 Å². The van der Waals surface area contributed by atoms with Crippen LogP contribution >= 0.6 is 0 Å². The molecule has 16 heavy (non-hydrogen) atoms. The summed E-state index contributed by atoms with van der Waals surface area (Å²) >= 11 is 0. The first-order chi connectivity index (χ1) is 7.77. The Morgan fingerprint density at radius 1 is 1.44 bits per heavy atom. The van der Waals surface area contributed by atoms with Crippen LogP contribution in [0.5, 0.6) is 0 Å². The van der Waals surface area contributed by atoms with Crippen LogP contribution in [0.3, 0.4) is 0 Å². The molecule has 0 saturated carbocycles. The van der Waals surface area contributed by atoms with Gasteiger partial charge in [0.25, 0.3) is 5.91 Å². The van der Waals surface area contributed by atoms with E-state index in [2.05, 4.69) is 20.3 Å². The van der Waals surface area contributed by atoms with Crippen LogP contribution in [0.4, 0.5) is 5.69 Å². The molecular formula is C10H11N5O. The number of aromatic nitrogens is 3. The molecule has 0 fully saturated rings. The van der Waals surface area contributed by atoms with E-state index in [0.717, 1.165) is 0 Å². The second-order valence-corrected chi connectivity index (χ2v) is 3.16. The van der Waals surface area contributed by atoms with Crippen molar-refractivity contribution in [1.82, 2.24) is 20.3 Å². The van der Waals surface area contributed by atoms with Crippen LogP contribution in [0.15, 0.2) is 30.7 Å². The molecule has 82 valence electrons. The lowest BCUT2D eigenvalue weighted by molar-refractivity contribution is 0.0946. The van der Waals surface area contributed by atoms with Gasteiger partial charge in [-0.15, -0.1) is 0 Å². The van der Waals surface area contributed by atoms with E-state index < -0.39 is 0 Å². The van der Waals surface area contributed by atoms with Gasteiger partial charge in [0.2, 0.25) is 0 Å². The molecular weight excluding hydrogens is 206 g/mol. The minimum Gasteiger partial charge on any atom is -0.397 e. The number of aromatic amines is 1. The number of nitrogens with zero attached hydrogens (tertiary/aromatic N) is 2. The highest BCUT2D eigenvalue weighted by molar-refractivity contribution is 5.96. The number of nitrogen functional groups attached to an aromatic ring is 1. The molecule has 2 aromatic rings.